The van der Waals surface area contributed by atoms with E-state index in [4.69, 9.17) is 10.5 Å². The Morgan fingerprint density at radius 1 is 1.20 bits per heavy atom. The predicted molar refractivity (Wildman–Crippen MR) is 84.3 cm³/mol. The van der Waals surface area contributed by atoms with Crippen LogP contribution >= 0.6 is 11.8 Å². The third kappa shape index (κ3) is 3.00. The Bertz CT molecular complexity index is 555. The van der Waals surface area contributed by atoms with E-state index in [-0.39, 0.29) is 6.04 Å². The highest BCUT2D eigenvalue weighted by Gasteiger charge is 2.22. The van der Waals surface area contributed by atoms with Gasteiger partial charge in [0.2, 0.25) is 0 Å². The van der Waals surface area contributed by atoms with Crippen LogP contribution in [-0.4, -0.2) is 11.9 Å². The molecule has 0 bridgehead atoms. The van der Waals surface area contributed by atoms with Gasteiger partial charge in [-0.25, -0.2) is 0 Å². The molecule has 2 atom stereocenters. The van der Waals surface area contributed by atoms with E-state index < -0.39 is 0 Å². The van der Waals surface area contributed by atoms with Crippen LogP contribution in [0.3, 0.4) is 0 Å². The fourth-order valence-electron chi connectivity index (χ4n) is 2.40. The summed E-state index contributed by atoms with van der Waals surface area (Å²) in [7, 11) is 0. The molecule has 1 aliphatic heterocycles. The highest BCUT2D eigenvalue weighted by Crippen LogP contribution is 2.36. The highest BCUT2D eigenvalue weighted by molar-refractivity contribution is 8.00. The number of benzene rings is 2. The van der Waals surface area contributed by atoms with Crippen LogP contribution in [0.1, 0.15) is 24.1 Å². The van der Waals surface area contributed by atoms with Crippen LogP contribution in [0.5, 0.6) is 5.75 Å². The summed E-state index contributed by atoms with van der Waals surface area (Å²) in [5.74, 6) is 0.922. The number of fused-ring (bicyclic) bond motifs is 1. The second kappa shape index (κ2) is 5.90. The maximum absolute atomic E-state index is 5.89. The molecular formula is C17H19NOS. The van der Waals surface area contributed by atoms with Crippen molar-refractivity contribution in [2.45, 2.75) is 29.5 Å². The Labute approximate surface area is 124 Å². The number of hydrogen-bond donors (Lipinski definition) is 1. The first-order valence-corrected chi connectivity index (χ1v) is 7.83. The fourth-order valence-corrected chi connectivity index (χ4v) is 3.62. The van der Waals surface area contributed by atoms with E-state index >= 15 is 0 Å². The summed E-state index contributed by atoms with van der Waals surface area (Å²) in [4.78, 5) is 1.40. The van der Waals surface area contributed by atoms with Gasteiger partial charge in [0.1, 0.15) is 12.4 Å². The lowest BCUT2D eigenvalue weighted by Gasteiger charge is -2.12. The minimum absolute atomic E-state index is 0.0731. The van der Waals surface area contributed by atoms with Crippen LogP contribution in [0.15, 0.2) is 53.4 Å². The van der Waals surface area contributed by atoms with Gasteiger partial charge in [0.15, 0.2) is 0 Å². The minimum atomic E-state index is 0.0731. The third-order valence-corrected chi connectivity index (χ3v) is 4.84. The van der Waals surface area contributed by atoms with E-state index in [1.807, 2.05) is 43.0 Å². The molecule has 3 heteroatoms. The van der Waals surface area contributed by atoms with Gasteiger partial charge in [-0.2, -0.15) is 0 Å². The van der Waals surface area contributed by atoms with Gasteiger partial charge >= 0.3 is 0 Å². The fraction of sp³-hybridized carbons (Fsp3) is 0.294. The first-order valence-electron chi connectivity index (χ1n) is 6.95. The van der Waals surface area contributed by atoms with Crippen LogP contribution < -0.4 is 10.5 Å². The largest absolute Gasteiger partial charge is 0.492 e. The molecule has 0 fully saturated rings. The Balaban J connectivity index is 1.56. The molecule has 2 unspecified atom stereocenters. The van der Waals surface area contributed by atoms with E-state index in [1.54, 1.807) is 0 Å². The number of nitrogens with two attached hydrogens (primary N) is 1. The van der Waals surface area contributed by atoms with Gasteiger partial charge < -0.3 is 10.5 Å². The summed E-state index contributed by atoms with van der Waals surface area (Å²) in [5.41, 5.74) is 8.42. The quantitative estimate of drug-likeness (QED) is 0.928. The van der Waals surface area contributed by atoms with Gasteiger partial charge in [-0.3, -0.25) is 0 Å². The summed E-state index contributed by atoms with van der Waals surface area (Å²) in [5, 5.41) is 0.514. The van der Waals surface area contributed by atoms with Crippen molar-refractivity contribution in [3.05, 3.63) is 59.7 Å². The molecular weight excluding hydrogens is 266 g/mol. The highest BCUT2D eigenvalue weighted by atomic mass is 32.2. The predicted octanol–water partition coefficient (Wildman–Crippen LogP) is 3.80. The Hall–Kier alpha value is -1.45. The van der Waals surface area contributed by atoms with Crippen molar-refractivity contribution in [1.29, 1.82) is 0 Å². The van der Waals surface area contributed by atoms with Gasteiger partial charge in [0, 0.05) is 16.2 Å². The molecule has 0 spiro atoms. The summed E-state index contributed by atoms with van der Waals surface area (Å²) in [6.07, 6.45) is 1.10. The standard InChI is InChI=1S/C17H19NOS/c1-12(18)13-6-8-15(9-7-13)19-11-16-10-14-4-2-3-5-17(14)20-16/h2-9,12,16H,10-11,18H2,1H3. The third-order valence-electron chi connectivity index (χ3n) is 3.56. The van der Waals surface area contributed by atoms with Crippen LogP contribution in [0.4, 0.5) is 0 Å². The molecule has 0 aromatic heterocycles. The normalized spacial score (nSPS) is 18.6. The van der Waals surface area contributed by atoms with Crippen molar-refractivity contribution in [2.75, 3.05) is 6.61 Å². The maximum Gasteiger partial charge on any atom is 0.119 e. The molecule has 1 heterocycles. The molecule has 3 rings (SSSR count). The monoisotopic (exact) mass is 285 g/mol. The SMILES string of the molecule is CC(N)c1ccc(OCC2Cc3ccccc3S2)cc1. The van der Waals surface area contributed by atoms with Crippen molar-refractivity contribution in [3.8, 4) is 5.75 Å². The Kier molecular flexibility index (Phi) is 3.99. The van der Waals surface area contributed by atoms with Crippen LogP contribution in [0.2, 0.25) is 0 Å². The molecule has 1 aliphatic rings. The smallest absolute Gasteiger partial charge is 0.119 e. The summed E-state index contributed by atoms with van der Waals surface area (Å²) >= 11 is 1.92. The average molecular weight is 285 g/mol. The zero-order chi connectivity index (χ0) is 13.9. The van der Waals surface area contributed by atoms with E-state index in [0.717, 1.165) is 24.3 Å². The zero-order valence-electron chi connectivity index (χ0n) is 11.6. The van der Waals surface area contributed by atoms with Gasteiger partial charge in [0.25, 0.3) is 0 Å². The van der Waals surface area contributed by atoms with Crippen LogP contribution in [-0.2, 0) is 6.42 Å². The molecule has 0 saturated heterocycles. The first-order chi connectivity index (χ1) is 9.72. The molecule has 2 aromatic rings. The second-order valence-electron chi connectivity index (χ2n) is 5.22. The van der Waals surface area contributed by atoms with Crippen molar-refractivity contribution in [2.24, 2.45) is 5.73 Å². The van der Waals surface area contributed by atoms with Crippen molar-refractivity contribution < 1.29 is 4.74 Å². The summed E-state index contributed by atoms with van der Waals surface area (Å²) in [6, 6.07) is 16.8. The van der Waals surface area contributed by atoms with Crippen LogP contribution in [0, 0.1) is 0 Å². The van der Waals surface area contributed by atoms with Gasteiger partial charge in [-0.1, -0.05) is 30.3 Å². The molecule has 2 nitrogen and oxygen atoms in total. The molecule has 104 valence electrons. The van der Waals surface area contributed by atoms with Crippen LogP contribution in [0.25, 0.3) is 0 Å². The van der Waals surface area contributed by atoms with Crippen molar-refractivity contribution in [1.82, 2.24) is 0 Å². The van der Waals surface area contributed by atoms with E-state index in [9.17, 15) is 0 Å². The van der Waals surface area contributed by atoms with Crippen molar-refractivity contribution in [3.63, 3.8) is 0 Å². The van der Waals surface area contributed by atoms with E-state index in [0.29, 0.717) is 5.25 Å². The average Bonchev–Trinajstić information content (AvgIpc) is 2.88. The Morgan fingerprint density at radius 3 is 2.65 bits per heavy atom. The first kappa shape index (κ1) is 13.5. The zero-order valence-corrected chi connectivity index (χ0v) is 12.4. The van der Waals surface area contributed by atoms with Gasteiger partial charge in [-0.05, 0) is 42.7 Å². The lowest BCUT2D eigenvalue weighted by atomic mass is 10.1. The lowest BCUT2D eigenvalue weighted by Crippen LogP contribution is -2.13. The van der Waals surface area contributed by atoms with Gasteiger partial charge in [-0.15, -0.1) is 11.8 Å². The molecule has 0 radical (unpaired) electrons. The molecule has 0 aliphatic carbocycles. The lowest BCUT2D eigenvalue weighted by molar-refractivity contribution is 0.317. The number of rotatable bonds is 4. The van der Waals surface area contributed by atoms with Crippen molar-refractivity contribution >= 4 is 11.8 Å². The topological polar surface area (TPSA) is 35.2 Å². The molecule has 0 saturated carbocycles. The van der Waals surface area contributed by atoms with E-state index in [2.05, 4.69) is 24.3 Å². The van der Waals surface area contributed by atoms with Gasteiger partial charge in [0.05, 0.1) is 0 Å². The summed E-state index contributed by atoms with van der Waals surface area (Å²) < 4.78 is 5.89. The molecule has 0 amide bonds. The molecule has 20 heavy (non-hydrogen) atoms. The summed E-state index contributed by atoms with van der Waals surface area (Å²) in [6.45, 7) is 2.74. The molecule has 2 N–H and O–H groups in total. The van der Waals surface area contributed by atoms with E-state index in [1.165, 1.54) is 10.5 Å². The molecule has 2 aromatic carbocycles. The minimum Gasteiger partial charge on any atom is -0.492 e. The maximum atomic E-state index is 5.89. The number of hydrogen-bond acceptors (Lipinski definition) is 3. The Morgan fingerprint density at radius 2 is 1.95 bits per heavy atom. The number of ether oxygens (including phenoxy) is 1. The second-order valence-corrected chi connectivity index (χ2v) is 6.56. The number of thioether (sulfide) groups is 1.